The molecule has 1 aliphatic rings. The summed E-state index contributed by atoms with van der Waals surface area (Å²) in [5, 5.41) is 3.75. The van der Waals surface area contributed by atoms with Crippen molar-refractivity contribution in [1.29, 1.82) is 0 Å². The van der Waals surface area contributed by atoms with Gasteiger partial charge in [0.25, 0.3) is 0 Å². The van der Waals surface area contributed by atoms with Crippen LogP contribution < -0.4 is 5.73 Å². The lowest BCUT2D eigenvalue weighted by Gasteiger charge is -2.34. The number of hydrogen-bond acceptors (Lipinski definition) is 3. The number of benzene rings is 1. The smallest absolute Gasteiger partial charge is 0.0346 e. The summed E-state index contributed by atoms with van der Waals surface area (Å²) in [6.45, 7) is 5.59. The third-order valence-electron chi connectivity index (χ3n) is 4.24. The van der Waals surface area contributed by atoms with E-state index in [9.17, 15) is 0 Å². The molecule has 0 amide bonds. The van der Waals surface area contributed by atoms with Crippen molar-refractivity contribution in [2.24, 2.45) is 11.7 Å². The number of likely N-dealkylation sites (tertiary alicyclic amines) is 1. The zero-order valence-electron chi connectivity index (χ0n) is 11.5. The van der Waals surface area contributed by atoms with Gasteiger partial charge in [-0.15, -0.1) is 11.3 Å². The summed E-state index contributed by atoms with van der Waals surface area (Å²) < 4.78 is 1.40. The van der Waals surface area contributed by atoms with Crippen molar-refractivity contribution in [3.05, 3.63) is 35.2 Å². The lowest BCUT2D eigenvalue weighted by molar-refractivity contribution is 0.155. The molecule has 1 saturated heterocycles. The third-order valence-corrected chi connectivity index (χ3v) is 5.25. The van der Waals surface area contributed by atoms with Crippen molar-refractivity contribution in [1.82, 2.24) is 4.90 Å². The number of fused-ring (bicyclic) bond motifs is 1. The number of nitrogens with zero attached hydrogens (tertiary/aromatic N) is 1. The first kappa shape index (κ1) is 13.1. The summed E-state index contributed by atoms with van der Waals surface area (Å²) in [5.74, 6) is 0.665. The van der Waals surface area contributed by atoms with Gasteiger partial charge in [0, 0.05) is 23.8 Å². The molecule has 1 aromatic heterocycles. The number of rotatable bonds is 3. The fourth-order valence-corrected chi connectivity index (χ4v) is 4.01. The zero-order chi connectivity index (χ0) is 13.2. The minimum atomic E-state index is 0.321. The summed E-state index contributed by atoms with van der Waals surface area (Å²) >= 11 is 1.86. The minimum absolute atomic E-state index is 0.321. The van der Waals surface area contributed by atoms with E-state index in [4.69, 9.17) is 5.73 Å². The molecule has 0 spiro atoms. The minimum Gasteiger partial charge on any atom is -0.328 e. The van der Waals surface area contributed by atoms with E-state index in [-0.39, 0.29) is 0 Å². The Bertz CT molecular complexity index is 546. The second-order valence-electron chi connectivity index (χ2n) is 5.75. The van der Waals surface area contributed by atoms with Crippen molar-refractivity contribution in [2.75, 3.05) is 13.1 Å². The molecular formula is C16H22N2S. The van der Waals surface area contributed by atoms with Gasteiger partial charge in [-0.25, -0.2) is 0 Å². The highest BCUT2D eigenvalue weighted by atomic mass is 32.1. The van der Waals surface area contributed by atoms with E-state index in [0.29, 0.717) is 12.0 Å². The normalized spacial score (nSPS) is 22.7. The zero-order valence-corrected chi connectivity index (χ0v) is 12.3. The van der Waals surface area contributed by atoms with Gasteiger partial charge in [-0.1, -0.05) is 18.2 Å². The van der Waals surface area contributed by atoms with Crippen LogP contribution in [-0.4, -0.2) is 24.0 Å². The fraction of sp³-hybridized carbons (Fsp3) is 0.500. The molecule has 3 heteroatoms. The van der Waals surface area contributed by atoms with E-state index in [2.05, 4.69) is 41.5 Å². The molecule has 19 heavy (non-hydrogen) atoms. The molecule has 102 valence electrons. The summed E-state index contributed by atoms with van der Waals surface area (Å²) in [7, 11) is 0. The molecular weight excluding hydrogens is 252 g/mol. The molecule has 2 N–H and O–H groups in total. The molecule has 3 rings (SSSR count). The largest absolute Gasteiger partial charge is 0.328 e. The van der Waals surface area contributed by atoms with Crippen LogP contribution in [0.5, 0.6) is 0 Å². The highest BCUT2D eigenvalue weighted by Crippen LogP contribution is 2.28. The Hall–Kier alpha value is -0.900. The lowest BCUT2D eigenvalue weighted by Crippen LogP contribution is -2.41. The first-order chi connectivity index (χ1) is 9.24. The van der Waals surface area contributed by atoms with Crippen LogP contribution in [-0.2, 0) is 6.54 Å². The first-order valence-electron chi connectivity index (χ1n) is 7.17. The van der Waals surface area contributed by atoms with Crippen LogP contribution in [0.2, 0.25) is 0 Å². The Balaban J connectivity index is 1.74. The van der Waals surface area contributed by atoms with Gasteiger partial charge >= 0.3 is 0 Å². The van der Waals surface area contributed by atoms with Crippen LogP contribution in [0.4, 0.5) is 0 Å². The van der Waals surface area contributed by atoms with Crippen molar-refractivity contribution in [3.63, 3.8) is 0 Å². The highest BCUT2D eigenvalue weighted by molar-refractivity contribution is 7.17. The van der Waals surface area contributed by atoms with Gasteiger partial charge in [0.1, 0.15) is 0 Å². The molecule has 2 heterocycles. The first-order valence-corrected chi connectivity index (χ1v) is 8.05. The van der Waals surface area contributed by atoms with Crippen molar-refractivity contribution >= 4 is 21.4 Å². The van der Waals surface area contributed by atoms with Crippen LogP contribution in [0.1, 0.15) is 25.3 Å². The third kappa shape index (κ3) is 2.83. The van der Waals surface area contributed by atoms with E-state index in [0.717, 1.165) is 13.1 Å². The van der Waals surface area contributed by atoms with E-state index >= 15 is 0 Å². The summed E-state index contributed by atoms with van der Waals surface area (Å²) in [6.07, 6.45) is 2.58. The van der Waals surface area contributed by atoms with E-state index in [1.165, 1.54) is 35.0 Å². The lowest BCUT2D eigenvalue weighted by atomic mass is 9.92. The molecule has 1 fully saturated rings. The highest BCUT2D eigenvalue weighted by Gasteiger charge is 2.23. The molecule has 2 nitrogen and oxygen atoms in total. The van der Waals surface area contributed by atoms with Gasteiger partial charge in [0.15, 0.2) is 0 Å². The fourth-order valence-electron chi connectivity index (χ4n) is 3.06. The molecule has 0 aliphatic carbocycles. The monoisotopic (exact) mass is 274 g/mol. The van der Waals surface area contributed by atoms with Crippen LogP contribution in [0, 0.1) is 5.92 Å². The standard InChI is InChI=1S/C16H22N2S/c1-12(17)13-5-4-8-18(9-13)10-14-11-19-16-7-3-2-6-15(14)16/h2-3,6-7,11-13H,4-5,8-10,17H2,1H3/t12-,13+/m0/s1. The molecule has 0 saturated carbocycles. The predicted octanol–water partition coefficient (Wildman–Crippen LogP) is 3.46. The van der Waals surface area contributed by atoms with Crippen LogP contribution in [0.15, 0.2) is 29.6 Å². The predicted molar refractivity (Wildman–Crippen MR) is 83.5 cm³/mol. The number of hydrogen-bond donors (Lipinski definition) is 1. The molecule has 0 radical (unpaired) electrons. The van der Waals surface area contributed by atoms with Gasteiger partial charge in [0.2, 0.25) is 0 Å². The average molecular weight is 274 g/mol. The molecule has 1 aromatic carbocycles. The summed E-state index contributed by atoms with van der Waals surface area (Å²) in [4.78, 5) is 2.58. The quantitative estimate of drug-likeness (QED) is 0.928. The van der Waals surface area contributed by atoms with Gasteiger partial charge < -0.3 is 5.73 Å². The molecule has 0 bridgehead atoms. The Morgan fingerprint density at radius 3 is 3.11 bits per heavy atom. The molecule has 2 aromatic rings. The number of piperidine rings is 1. The van der Waals surface area contributed by atoms with Gasteiger partial charge in [-0.05, 0) is 54.6 Å². The molecule has 2 atom stereocenters. The van der Waals surface area contributed by atoms with Crippen LogP contribution in [0.25, 0.3) is 10.1 Å². The average Bonchev–Trinajstić information content (AvgIpc) is 2.83. The van der Waals surface area contributed by atoms with Gasteiger partial charge in [0.05, 0.1) is 0 Å². The van der Waals surface area contributed by atoms with E-state index < -0.39 is 0 Å². The molecule has 0 unspecified atom stereocenters. The maximum Gasteiger partial charge on any atom is 0.0346 e. The maximum atomic E-state index is 6.07. The summed E-state index contributed by atoms with van der Waals surface area (Å²) in [5.41, 5.74) is 7.55. The van der Waals surface area contributed by atoms with Crippen molar-refractivity contribution in [2.45, 2.75) is 32.4 Å². The second kappa shape index (κ2) is 5.61. The Morgan fingerprint density at radius 2 is 2.26 bits per heavy atom. The van der Waals surface area contributed by atoms with Crippen molar-refractivity contribution in [3.8, 4) is 0 Å². The second-order valence-corrected chi connectivity index (χ2v) is 6.66. The number of nitrogens with two attached hydrogens (primary N) is 1. The van der Waals surface area contributed by atoms with Gasteiger partial charge in [-0.3, -0.25) is 4.90 Å². The SMILES string of the molecule is C[C@H](N)[C@@H]1CCCN(Cc2csc3ccccc23)C1. The molecule has 1 aliphatic heterocycles. The van der Waals surface area contributed by atoms with Crippen molar-refractivity contribution < 1.29 is 0 Å². The van der Waals surface area contributed by atoms with Gasteiger partial charge in [-0.2, -0.15) is 0 Å². The Kier molecular flexibility index (Phi) is 3.87. The van der Waals surface area contributed by atoms with E-state index in [1.807, 2.05) is 11.3 Å². The van der Waals surface area contributed by atoms with Crippen LogP contribution in [0.3, 0.4) is 0 Å². The topological polar surface area (TPSA) is 29.3 Å². The van der Waals surface area contributed by atoms with E-state index in [1.54, 1.807) is 0 Å². The number of thiophene rings is 1. The Labute approximate surface area is 119 Å². The summed E-state index contributed by atoms with van der Waals surface area (Å²) in [6, 6.07) is 9.04. The Morgan fingerprint density at radius 1 is 1.42 bits per heavy atom. The van der Waals surface area contributed by atoms with Crippen LogP contribution >= 0.6 is 11.3 Å². The maximum absolute atomic E-state index is 6.07.